The number of benzene rings is 1. The van der Waals surface area contributed by atoms with Gasteiger partial charge in [0.25, 0.3) is 0 Å². The molecule has 1 aromatic rings. The minimum Gasteiger partial charge on any atom is -0.387 e. The minimum absolute atomic E-state index is 0.0305. The van der Waals surface area contributed by atoms with Gasteiger partial charge in [-0.15, -0.1) is 0 Å². The molecule has 0 saturated carbocycles. The van der Waals surface area contributed by atoms with Gasteiger partial charge in [-0.2, -0.15) is 0 Å². The molecule has 19 heavy (non-hydrogen) atoms. The largest absolute Gasteiger partial charge is 0.387 e. The summed E-state index contributed by atoms with van der Waals surface area (Å²) >= 11 is 0. The van der Waals surface area contributed by atoms with Crippen LogP contribution in [0.1, 0.15) is 11.7 Å². The smallest absolute Gasteiger partial charge is 0.315 e. The van der Waals surface area contributed by atoms with Crippen LogP contribution in [-0.2, 0) is 0 Å². The van der Waals surface area contributed by atoms with Crippen molar-refractivity contribution in [2.45, 2.75) is 12.1 Å². The molecule has 1 atom stereocenters. The van der Waals surface area contributed by atoms with Crippen LogP contribution in [-0.4, -0.2) is 36.8 Å². The van der Waals surface area contributed by atoms with Crippen LogP contribution >= 0.6 is 0 Å². The van der Waals surface area contributed by atoms with Crippen molar-refractivity contribution in [2.75, 3.05) is 19.6 Å². The van der Waals surface area contributed by atoms with Gasteiger partial charge in [0.1, 0.15) is 5.82 Å². The van der Waals surface area contributed by atoms with E-state index in [0.717, 1.165) is 0 Å². The molecule has 1 aliphatic rings. The van der Waals surface area contributed by atoms with Crippen molar-refractivity contribution in [3.8, 4) is 0 Å². The number of hydrogen-bond acceptors (Lipinski definition) is 4. The maximum atomic E-state index is 12.7. The standard InChI is InChI=1S/C12H17FN4O2/c13-9-3-1-8(2-4-9)11(18)7-14-12(19)17-10-5-15-16-6-10/h1-4,10-11,15-16,18H,5-7H2,(H2,14,17,19). The summed E-state index contributed by atoms with van der Waals surface area (Å²) in [6.07, 6.45) is -0.855. The normalized spacial score (nSPS) is 17.2. The molecule has 1 unspecified atom stereocenters. The number of amides is 2. The summed E-state index contributed by atoms with van der Waals surface area (Å²) in [6.45, 7) is 1.40. The molecule has 0 aromatic heterocycles. The maximum absolute atomic E-state index is 12.7. The molecule has 1 heterocycles. The van der Waals surface area contributed by atoms with Crippen molar-refractivity contribution in [3.63, 3.8) is 0 Å². The summed E-state index contributed by atoms with van der Waals surface area (Å²) in [4.78, 5) is 11.5. The zero-order valence-corrected chi connectivity index (χ0v) is 10.3. The molecule has 1 aromatic carbocycles. The molecule has 1 saturated heterocycles. The Bertz CT molecular complexity index is 420. The van der Waals surface area contributed by atoms with E-state index in [2.05, 4.69) is 21.5 Å². The number of urea groups is 1. The monoisotopic (exact) mass is 268 g/mol. The maximum Gasteiger partial charge on any atom is 0.315 e. The van der Waals surface area contributed by atoms with Crippen LogP contribution in [0, 0.1) is 5.82 Å². The summed E-state index contributed by atoms with van der Waals surface area (Å²) in [5.41, 5.74) is 6.35. The highest BCUT2D eigenvalue weighted by Crippen LogP contribution is 2.12. The van der Waals surface area contributed by atoms with Gasteiger partial charge >= 0.3 is 6.03 Å². The Balaban J connectivity index is 1.74. The molecule has 2 amide bonds. The molecule has 104 valence electrons. The lowest BCUT2D eigenvalue weighted by atomic mass is 10.1. The molecule has 5 N–H and O–H groups in total. The first-order valence-corrected chi connectivity index (χ1v) is 6.09. The Morgan fingerprint density at radius 1 is 1.37 bits per heavy atom. The SMILES string of the molecule is O=C(NCC(O)c1ccc(F)cc1)NC1CNNC1. The first kappa shape index (κ1) is 13.7. The third-order valence-corrected chi connectivity index (χ3v) is 2.87. The van der Waals surface area contributed by atoms with Gasteiger partial charge in [0.2, 0.25) is 0 Å². The Morgan fingerprint density at radius 3 is 2.63 bits per heavy atom. The zero-order chi connectivity index (χ0) is 13.7. The quantitative estimate of drug-likeness (QED) is 0.516. The van der Waals surface area contributed by atoms with E-state index in [0.29, 0.717) is 18.7 Å². The van der Waals surface area contributed by atoms with Crippen LogP contribution in [0.2, 0.25) is 0 Å². The highest BCUT2D eigenvalue weighted by Gasteiger charge is 2.16. The topological polar surface area (TPSA) is 85.4 Å². The van der Waals surface area contributed by atoms with Crippen molar-refractivity contribution in [2.24, 2.45) is 0 Å². The molecular formula is C12H17FN4O2. The Hall–Kier alpha value is -1.70. The Morgan fingerprint density at radius 2 is 2.00 bits per heavy atom. The zero-order valence-electron chi connectivity index (χ0n) is 10.3. The van der Waals surface area contributed by atoms with E-state index >= 15 is 0 Å². The second-order valence-corrected chi connectivity index (χ2v) is 4.38. The average molecular weight is 268 g/mol. The molecule has 0 spiro atoms. The van der Waals surface area contributed by atoms with Crippen molar-refractivity contribution in [1.29, 1.82) is 0 Å². The van der Waals surface area contributed by atoms with E-state index in [1.165, 1.54) is 24.3 Å². The molecule has 6 nitrogen and oxygen atoms in total. The molecule has 7 heteroatoms. The van der Waals surface area contributed by atoms with Gasteiger partial charge in [0.05, 0.1) is 12.1 Å². The molecular weight excluding hydrogens is 251 g/mol. The summed E-state index contributed by atoms with van der Waals surface area (Å²) in [7, 11) is 0. The minimum atomic E-state index is -0.855. The van der Waals surface area contributed by atoms with Crippen LogP contribution in [0.4, 0.5) is 9.18 Å². The third kappa shape index (κ3) is 4.16. The number of carbonyl (C=O) groups excluding carboxylic acids is 1. The van der Waals surface area contributed by atoms with E-state index < -0.39 is 6.10 Å². The van der Waals surface area contributed by atoms with Gasteiger partial charge in [0.15, 0.2) is 0 Å². The van der Waals surface area contributed by atoms with Gasteiger partial charge in [-0.25, -0.2) is 9.18 Å². The molecule has 0 bridgehead atoms. The Labute approximate surface area is 110 Å². The van der Waals surface area contributed by atoms with Crippen LogP contribution in [0.25, 0.3) is 0 Å². The summed E-state index contributed by atoms with van der Waals surface area (Å²) < 4.78 is 12.7. The van der Waals surface area contributed by atoms with E-state index in [4.69, 9.17) is 0 Å². The number of hydrogen-bond donors (Lipinski definition) is 5. The number of halogens is 1. The van der Waals surface area contributed by atoms with E-state index in [9.17, 15) is 14.3 Å². The van der Waals surface area contributed by atoms with Gasteiger partial charge in [0, 0.05) is 19.6 Å². The number of aliphatic hydroxyl groups is 1. The summed E-state index contributed by atoms with van der Waals surface area (Å²) in [5, 5.41) is 15.2. The van der Waals surface area contributed by atoms with Crippen molar-refractivity contribution in [1.82, 2.24) is 21.5 Å². The fraction of sp³-hybridized carbons (Fsp3) is 0.417. The highest BCUT2D eigenvalue weighted by atomic mass is 19.1. The average Bonchev–Trinajstić information content (AvgIpc) is 2.89. The molecule has 0 radical (unpaired) electrons. The first-order chi connectivity index (χ1) is 9.15. The van der Waals surface area contributed by atoms with Crippen LogP contribution < -0.4 is 21.5 Å². The second kappa shape index (κ2) is 6.46. The van der Waals surface area contributed by atoms with Gasteiger partial charge in [-0.1, -0.05) is 12.1 Å². The van der Waals surface area contributed by atoms with Gasteiger partial charge < -0.3 is 15.7 Å². The van der Waals surface area contributed by atoms with E-state index in [-0.39, 0.29) is 24.4 Å². The predicted molar refractivity (Wildman–Crippen MR) is 67.7 cm³/mol. The Kier molecular flexibility index (Phi) is 4.67. The summed E-state index contributed by atoms with van der Waals surface area (Å²) in [5.74, 6) is -0.358. The van der Waals surface area contributed by atoms with Crippen molar-refractivity contribution < 1.29 is 14.3 Å². The molecule has 0 aliphatic carbocycles. The third-order valence-electron chi connectivity index (χ3n) is 2.87. The van der Waals surface area contributed by atoms with Crippen molar-refractivity contribution >= 4 is 6.03 Å². The van der Waals surface area contributed by atoms with E-state index in [1.807, 2.05) is 0 Å². The molecule has 1 fully saturated rings. The van der Waals surface area contributed by atoms with Crippen molar-refractivity contribution in [3.05, 3.63) is 35.6 Å². The molecule has 2 rings (SSSR count). The lowest BCUT2D eigenvalue weighted by Gasteiger charge is -2.15. The fourth-order valence-electron chi connectivity index (χ4n) is 1.79. The first-order valence-electron chi connectivity index (χ1n) is 6.09. The fourth-order valence-corrected chi connectivity index (χ4v) is 1.79. The number of nitrogens with one attached hydrogen (secondary N) is 4. The van der Waals surface area contributed by atoms with Crippen LogP contribution in [0.5, 0.6) is 0 Å². The number of carbonyl (C=O) groups is 1. The molecule has 1 aliphatic heterocycles. The van der Waals surface area contributed by atoms with Crippen LogP contribution in [0.15, 0.2) is 24.3 Å². The lowest BCUT2D eigenvalue weighted by molar-refractivity contribution is 0.172. The second-order valence-electron chi connectivity index (χ2n) is 4.38. The van der Waals surface area contributed by atoms with Crippen LogP contribution in [0.3, 0.4) is 0 Å². The van der Waals surface area contributed by atoms with E-state index in [1.54, 1.807) is 0 Å². The summed E-state index contributed by atoms with van der Waals surface area (Å²) in [6, 6.07) is 5.22. The van der Waals surface area contributed by atoms with Gasteiger partial charge in [-0.3, -0.25) is 10.9 Å². The number of aliphatic hydroxyl groups excluding tert-OH is 1. The predicted octanol–water partition coefficient (Wildman–Crippen LogP) is -0.365. The number of rotatable bonds is 4. The lowest BCUT2D eigenvalue weighted by Crippen LogP contribution is -2.45. The highest BCUT2D eigenvalue weighted by molar-refractivity contribution is 5.74. The van der Waals surface area contributed by atoms with Gasteiger partial charge in [-0.05, 0) is 17.7 Å². The number of hydrazine groups is 1.